The van der Waals surface area contributed by atoms with E-state index in [4.69, 9.17) is 4.74 Å². The van der Waals surface area contributed by atoms with Crippen LogP contribution in [0.1, 0.15) is 48.0 Å². The quantitative estimate of drug-likeness (QED) is 0.769. The highest BCUT2D eigenvalue weighted by molar-refractivity contribution is 4.73. The maximum atomic E-state index is 5.83. The molecule has 0 bridgehead atoms. The van der Waals surface area contributed by atoms with Gasteiger partial charge >= 0.3 is 0 Å². The Hall–Kier alpha value is -0.120. The molecule has 1 aliphatic rings. The van der Waals surface area contributed by atoms with E-state index in [1.807, 2.05) is 0 Å². The second-order valence-electron chi connectivity index (χ2n) is 7.66. The summed E-state index contributed by atoms with van der Waals surface area (Å²) < 4.78 is 5.83. The summed E-state index contributed by atoms with van der Waals surface area (Å²) in [4.78, 5) is 5.00. The molecule has 0 atom stereocenters. The predicted molar refractivity (Wildman–Crippen MR) is 77.8 cm³/mol. The monoisotopic (exact) mass is 256 g/mol. The molecule has 0 aliphatic carbocycles. The zero-order valence-electron chi connectivity index (χ0n) is 13.3. The SMILES string of the molecule is CC(C)(C)CCN1CCN(COC(C)(C)C)CC1. The molecular weight excluding hydrogens is 224 g/mol. The third-order valence-corrected chi connectivity index (χ3v) is 3.32. The summed E-state index contributed by atoms with van der Waals surface area (Å²) >= 11 is 0. The van der Waals surface area contributed by atoms with Gasteiger partial charge in [0.15, 0.2) is 0 Å². The highest BCUT2D eigenvalue weighted by Gasteiger charge is 2.20. The number of ether oxygens (including phenoxy) is 1. The number of hydrogen-bond acceptors (Lipinski definition) is 3. The molecule has 0 amide bonds. The van der Waals surface area contributed by atoms with Crippen LogP contribution in [0.4, 0.5) is 0 Å². The molecule has 1 saturated heterocycles. The van der Waals surface area contributed by atoms with Crippen molar-refractivity contribution in [2.45, 2.75) is 53.6 Å². The van der Waals surface area contributed by atoms with Gasteiger partial charge in [0.25, 0.3) is 0 Å². The van der Waals surface area contributed by atoms with Crippen molar-refractivity contribution >= 4 is 0 Å². The largest absolute Gasteiger partial charge is 0.360 e. The summed E-state index contributed by atoms with van der Waals surface area (Å²) in [6.07, 6.45) is 1.28. The predicted octanol–water partition coefficient (Wildman–Crippen LogP) is 2.81. The first-order chi connectivity index (χ1) is 8.16. The van der Waals surface area contributed by atoms with Crippen molar-refractivity contribution in [3.63, 3.8) is 0 Å². The van der Waals surface area contributed by atoms with Crippen LogP contribution in [-0.4, -0.2) is 54.9 Å². The molecule has 0 spiro atoms. The molecule has 1 fully saturated rings. The highest BCUT2D eigenvalue weighted by Crippen LogP contribution is 2.19. The van der Waals surface area contributed by atoms with E-state index in [0.717, 1.165) is 19.8 Å². The Kier molecular flexibility index (Phi) is 5.63. The minimum absolute atomic E-state index is 0.0244. The lowest BCUT2D eigenvalue weighted by molar-refractivity contribution is -0.0742. The standard InChI is InChI=1S/C15H32N2O/c1-14(2,3)7-8-16-9-11-17(12-10-16)13-18-15(4,5)6/h7-13H2,1-6H3. The maximum Gasteiger partial charge on any atom is 0.0998 e. The average Bonchev–Trinajstić information content (AvgIpc) is 2.23. The van der Waals surface area contributed by atoms with E-state index in [1.54, 1.807) is 0 Å². The second kappa shape index (κ2) is 6.36. The fourth-order valence-corrected chi connectivity index (χ4v) is 1.92. The minimum Gasteiger partial charge on any atom is -0.360 e. The first-order valence-electron chi connectivity index (χ1n) is 7.24. The van der Waals surface area contributed by atoms with E-state index in [2.05, 4.69) is 51.3 Å². The molecule has 3 nitrogen and oxygen atoms in total. The van der Waals surface area contributed by atoms with Gasteiger partial charge in [-0.2, -0.15) is 0 Å². The maximum absolute atomic E-state index is 5.83. The zero-order valence-corrected chi connectivity index (χ0v) is 13.3. The molecule has 18 heavy (non-hydrogen) atoms. The van der Waals surface area contributed by atoms with Crippen LogP contribution >= 0.6 is 0 Å². The van der Waals surface area contributed by atoms with Crippen molar-refractivity contribution in [3.05, 3.63) is 0 Å². The van der Waals surface area contributed by atoms with Crippen LogP contribution < -0.4 is 0 Å². The zero-order chi connectivity index (χ0) is 13.8. The Morgan fingerprint density at radius 1 is 0.833 bits per heavy atom. The van der Waals surface area contributed by atoms with Gasteiger partial charge in [0.1, 0.15) is 0 Å². The molecule has 0 aromatic heterocycles. The van der Waals surface area contributed by atoms with Gasteiger partial charge in [0.2, 0.25) is 0 Å². The van der Waals surface area contributed by atoms with Gasteiger partial charge in [-0.3, -0.25) is 4.90 Å². The van der Waals surface area contributed by atoms with Crippen LogP contribution in [-0.2, 0) is 4.74 Å². The molecule has 0 radical (unpaired) electrons. The first kappa shape index (κ1) is 15.9. The van der Waals surface area contributed by atoms with E-state index in [1.165, 1.54) is 26.1 Å². The van der Waals surface area contributed by atoms with E-state index >= 15 is 0 Å². The first-order valence-corrected chi connectivity index (χ1v) is 7.24. The smallest absolute Gasteiger partial charge is 0.0998 e. The third kappa shape index (κ3) is 7.34. The van der Waals surface area contributed by atoms with Crippen molar-refractivity contribution in [2.75, 3.05) is 39.5 Å². The van der Waals surface area contributed by atoms with E-state index in [0.29, 0.717) is 5.41 Å². The lowest BCUT2D eigenvalue weighted by Gasteiger charge is -2.36. The molecule has 1 aliphatic heterocycles. The van der Waals surface area contributed by atoms with E-state index in [9.17, 15) is 0 Å². The fraction of sp³-hybridized carbons (Fsp3) is 1.00. The Morgan fingerprint density at radius 2 is 1.33 bits per heavy atom. The van der Waals surface area contributed by atoms with Gasteiger partial charge in [0, 0.05) is 26.2 Å². The molecule has 0 N–H and O–H groups in total. The third-order valence-electron chi connectivity index (χ3n) is 3.32. The Morgan fingerprint density at radius 3 is 1.78 bits per heavy atom. The van der Waals surface area contributed by atoms with Gasteiger partial charge in [0.05, 0.1) is 12.3 Å². The van der Waals surface area contributed by atoms with Crippen LogP contribution in [0.15, 0.2) is 0 Å². The van der Waals surface area contributed by atoms with Gasteiger partial charge < -0.3 is 9.64 Å². The van der Waals surface area contributed by atoms with Crippen molar-refractivity contribution in [1.82, 2.24) is 9.80 Å². The molecule has 0 aromatic carbocycles. The molecule has 0 aromatic rings. The number of hydrogen-bond donors (Lipinski definition) is 0. The van der Waals surface area contributed by atoms with Crippen LogP contribution in [0, 0.1) is 5.41 Å². The van der Waals surface area contributed by atoms with Crippen LogP contribution in [0.5, 0.6) is 0 Å². The Bertz CT molecular complexity index is 206. The number of nitrogens with zero attached hydrogens (tertiary/aromatic N) is 2. The van der Waals surface area contributed by atoms with Crippen molar-refractivity contribution in [2.24, 2.45) is 5.41 Å². The van der Waals surface area contributed by atoms with Crippen LogP contribution in [0.25, 0.3) is 0 Å². The van der Waals surface area contributed by atoms with Gasteiger partial charge in [-0.05, 0) is 39.2 Å². The van der Waals surface area contributed by atoms with Crippen molar-refractivity contribution < 1.29 is 4.74 Å². The molecule has 1 rings (SSSR count). The second-order valence-corrected chi connectivity index (χ2v) is 7.66. The molecule has 0 unspecified atom stereocenters. The van der Waals surface area contributed by atoms with Gasteiger partial charge in [-0.1, -0.05) is 20.8 Å². The van der Waals surface area contributed by atoms with Crippen molar-refractivity contribution in [3.8, 4) is 0 Å². The van der Waals surface area contributed by atoms with Crippen LogP contribution in [0.3, 0.4) is 0 Å². The summed E-state index contributed by atoms with van der Waals surface area (Å²) in [7, 11) is 0. The van der Waals surface area contributed by atoms with E-state index in [-0.39, 0.29) is 5.60 Å². The molecule has 108 valence electrons. The topological polar surface area (TPSA) is 15.7 Å². The van der Waals surface area contributed by atoms with E-state index < -0.39 is 0 Å². The molecule has 0 saturated carbocycles. The lowest BCUT2D eigenvalue weighted by Crippen LogP contribution is -2.48. The van der Waals surface area contributed by atoms with Crippen molar-refractivity contribution in [1.29, 1.82) is 0 Å². The normalized spacial score (nSPS) is 20.3. The molecular formula is C15H32N2O. The summed E-state index contributed by atoms with van der Waals surface area (Å²) in [5, 5.41) is 0. The summed E-state index contributed by atoms with van der Waals surface area (Å²) in [5.41, 5.74) is 0.426. The van der Waals surface area contributed by atoms with Crippen LogP contribution in [0.2, 0.25) is 0 Å². The Labute approximate surface area is 113 Å². The Balaban J connectivity index is 2.17. The number of piperazine rings is 1. The summed E-state index contributed by atoms with van der Waals surface area (Å²) in [6, 6.07) is 0. The molecule has 3 heteroatoms. The average molecular weight is 256 g/mol. The highest BCUT2D eigenvalue weighted by atomic mass is 16.5. The molecule has 1 heterocycles. The number of rotatable bonds is 4. The lowest BCUT2D eigenvalue weighted by atomic mass is 9.92. The van der Waals surface area contributed by atoms with Gasteiger partial charge in [-0.25, -0.2) is 0 Å². The van der Waals surface area contributed by atoms with Gasteiger partial charge in [-0.15, -0.1) is 0 Å². The summed E-state index contributed by atoms with van der Waals surface area (Å²) in [5.74, 6) is 0. The summed E-state index contributed by atoms with van der Waals surface area (Å²) in [6.45, 7) is 20.0. The minimum atomic E-state index is -0.0244. The fourth-order valence-electron chi connectivity index (χ4n) is 1.92.